The van der Waals surface area contributed by atoms with E-state index in [1.165, 1.54) is 19.3 Å². The van der Waals surface area contributed by atoms with Gasteiger partial charge < -0.3 is 35.3 Å². The normalized spacial score (nSPS) is 14.5. The van der Waals surface area contributed by atoms with Gasteiger partial charge in [0.2, 0.25) is 5.88 Å². The maximum Gasteiger partial charge on any atom is 0.435 e. The van der Waals surface area contributed by atoms with Gasteiger partial charge in [-0.2, -0.15) is 9.98 Å². The molecule has 0 aliphatic carbocycles. The molecule has 264 valence electrons. The van der Waals surface area contributed by atoms with E-state index in [1.807, 2.05) is 48.5 Å². The standard InChI is InChI=1S/C38H57N5O5/c1-4-6-8-26-45-30(3)41-36(39)32-13-17-35(18-14-32)47-29-11-23-43-24-21-31(22-25-43)12-10-28-46-34-19-15-33(16-20-34)37(40)42-38(44)48-27-9-7-5-2/h13-20,31H,3-12,21-29H2,1-2H3,(H2,39,41)(H2,40,42,44). The number of amidine groups is 2. The van der Waals surface area contributed by atoms with Crippen molar-refractivity contribution in [1.29, 1.82) is 0 Å². The molecule has 0 aromatic heterocycles. The molecule has 10 heteroatoms. The zero-order valence-electron chi connectivity index (χ0n) is 29.2. The van der Waals surface area contributed by atoms with Crippen LogP contribution in [0.1, 0.15) is 95.6 Å². The van der Waals surface area contributed by atoms with Crippen molar-refractivity contribution < 1.29 is 23.7 Å². The molecule has 2 aromatic carbocycles. The molecule has 0 spiro atoms. The van der Waals surface area contributed by atoms with Crippen molar-refractivity contribution in [3.8, 4) is 11.5 Å². The molecule has 3 rings (SSSR count). The number of amides is 1. The van der Waals surface area contributed by atoms with Gasteiger partial charge >= 0.3 is 6.09 Å². The second kappa shape index (κ2) is 22.5. The van der Waals surface area contributed by atoms with E-state index in [2.05, 4.69) is 35.3 Å². The molecule has 1 fully saturated rings. The van der Waals surface area contributed by atoms with Crippen molar-refractivity contribution in [2.45, 2.75) is 84.5 Å². The molecule has 4 N–H and O–H groups in total. The van der Waals surface area contributed by atoms with Gasteiger partial charge in [0.1, 0.15) is 23.2 Å². The molecule has 1 heterocycles. The van der Waals surface area contributed by atoms with Crippen LogP contribution in [0.5, 0.6) is 11.5 Å². The fourth-order valence-corrected chi connectivity index (χ4v) is 5.46. The largest absolute Gasteiger partial charge is 0.494 e. The minimum atomic E-state index is -0.651. The summed E-state index contributed by atoms with van der Waals surface area (Å²) in [5.74, 6) is 3.21. The maximum absolute atomic E-state index is 11.8. The molecular weight excluding hydrogens is 606 g/mol. The van der Waals surface area contributed by atoms with E-state index in [9.17, 15) is 4.79 Å². The number of ether oxygens (including phenoxy) is 4. The van der Waals surface area contributed by atoms with Crippen LogP contribution in [0.2, 0.25) is 0 Å². The molecule has 10 nitrogen and oxygen atoms in total. The highest BCUT2D eigenvalue weighted by Crippen LogP contribution is 2.23. The van der Waals surface area contributed by atoms with Crippen LogP contribution in [-0.2, 0) is 9.47 Å². The Morgan fingerprint density at radius 3 is 1.81 bits per heavy atom. The fraction of sp³-hybridized carbons (Fsp3) is 0.553. The van der Waals surface area contributed by atoms with Gasteiger partial charge in [-0.1, -0.05) is 39.5 Å². The lowest BCUT2D eigenvalue weighted by atomic mass is 9.92. The summed E-state index contributed by atoms with van der Waals surface area (Å²) in [6, 6.07) is 15.0. The molecule has 0 atom stereocenters. The number of likely N-dealkylation sites (tertiary alicyclic amines) is 1. The number of benzene rings is 2. The van der Waals surface area contributed by atoms with Crippen LogP contribution in [0.25, 0.3) is 0 Å². The predicted molar refractivity (Wildman–Crippen MR) is 194 cm³/mol. The second-order valence-corrected chi connectivity index (χ2v) is 12.3. The smallest absolute Gasteiger partial charge is 0.435 e. The third-order valence-corrected chi connectivity index (χ3v) is 8.37. The average molecular weight is 664 g/mol. The average Bonchev–Trinajstić information content (AvgIpc) is 3.10. The zero-order valence-corrected chi connectivity index (χ0v) is 29.2. The monoisotopic (exact) mass is 663 g/mol. The number of rotatable bonds is 22. The highest BCUT2D eigenvalue weighted by atomic mass is 16.5. The number of carbonyl (C=O) groups excluding carboxylic acids is 1. The summed E-state index contributed by atoms with van der Waals surface area (Å²) in [6.45, 7) is 13.7. The molecule has 1 amide bonds. The summed E-state index contributed by atoms with van der Waals surface area (Å²) >= 11 is 0. The van der Waals surface area contributed by atoms with Crippen LogP contribution < -0.4 is 20.9 Å². The first-order chi connectivity index (χ1) is 23.4. The summed E-state index contributed by atoms with van der Waals surface area (Å²) in [5.41, 5.74) is 13.6. The van der Waals surface area contributed by atoms with E-state index in [1.54, 1.807) is 0 Å². The van der Waals surface area contributed by atoms with Crippen molar-refractivity contribution in [3.05, 3.63) is 72.1 Å². The quantitative estimate of drug-likeness (QED) is 0.0575. The van der Waals surface area contributed by atoms with Crippen molar-refractivity contribution in [2.75, 3.05) is 46.1 Å². The minimum Gasteiger partial charge on any atom is -0.494 e. The molecule has 0 saturated carbocycles. The van der Waals surface area contributed by atoms with Gasteiger partial charge in [-0.3, -0.25) is 0 Å². The van der Waals surface area contributed by atoms with E-state index in [4.69, 9.17) is 30.4 Å². The van der Waals surface area contributed by atoms with Gasteiger partial charge in [0.05, 0.1) is 26.4 Å². The second-order valence-electron chi connectivity index (χ2n) is 12.3. The number of piperidine rings is 1. The van der Waals surface area contributed by atoms with E-state index >= 15 is 0 Å². The lowest BCUT2D eigenvalue weighted by Crippen LogP contribution is -2.35. The molecule has 2 aromatic rings. The molecule has 48 heavy (non-hydrogen) atoms. The third-order valence-electron chi connectivity index (χ3n) is 8.37. The number of aliphatic imine (C=N–C) groups is 2. The maximum atomic E-state index is 11.8. The first-order valence-electron chi connectivity index (χ1n) is 17.7. The Morgan fingerprint density at radius 1 is 0.729 bits per heavy atom. The summed E-state index contributed by atoms with van der Waals surface area (Å²) < 4.78 is 22.5. The Morgan fingerprint density at radius 2 is 1.25 bits per heavy atom. The highest BCUT2D eigenvalue weighted by molar-refractivity contribution is 6.02. The van der Waals surface area contributed by atoms with E-state index in [0.29, 0.717) is 43.7 Å². The van der Waals surface area contributed by atoms with Crippen LogP contribution in [0.15, 0.2) is 71.0 Å². The minimum absolute atomic E-state index is 0.144. The number of hydrogen-bond acceptors (Lipinski definition) is 7. The molecule has 0 radical (unpaired) electrons. The molecule has 0 unspecified atom stereocenters. The number of carbonyl (C=O) groups is 1. The Bertz CT molecular complexity index is 1170. The summed E-state index contributed by atoms with van der Waals surface area (Å²) in [7, 11) is 0. The molecule has 1 aliphatic rings. The number of nitrogens with zero attached hydrogens (tertiary/aromatic N) is 3. The molecule has 0 bridgehead atoms. The lowest BCUT2D eigenvalue weighted by molar-refractivity contribution is 0.155. The van der Waals surface area contributed by atoms with Gasteiger partial charge in [0.15, 0.2) is 0 Å². The van der Waals surface area contributed by atoms with Crippen LogP contribution in [-0.4, -0.2) is 68.7 Å². The van der Waals surface area contributed by atoms with Crippen LogP contribution >= 0.6 is 0 Å². The summed E-state index contributed by atoms with van der Waals surface area (Å²) in [6.07, 6.45) is 11.1. The van der Waals surface area contributed by atoms with Crippen LogP contribution in [0.4, 0.5) is 4.79 Å². The fourth-order valence-electron chi connectivity index (χ4n) is 5.46. The number of unbranched alkanes of at least 4 members (excludes halogenated alkanes) is 4. The number of hydrogen-bond donors (Lipinski definition) is 2. The van der Waals surface area contributed by atoms with Crippen molar-refractivity contribution in [1.82, 2.24) is 4.90 Å². The number of nitrogens with two attached hydrogens (primary N) is 2. The molecular formula is C38H57N5O5. The van der Waals surface area contributed by atoms with Crippen LogP contribution in [0, 0.1) is 5.92 Å². The van der Waals surface area contributed by atoms with Gasteiger partial charge in [-0.05, 0) is 119 Å². The van der Waals surface area contributed by atoms with E-state index < -0.39 is 6.09 Å². The van der Waals surface area contributed by atoms with Crippen molar-refractivity contribution >= 4 is 17.8 Å². The van der Waals surface area contributed by atoms with Crippen molar-refractivity contribution in [2.24, 2.45) is 27.4 Å². The van der Waals surface area contributed by atoms with Crippen molar-refractivity contribution in [3.63, 3.8) is 0 Å². The van der Waals surface area contributed by atoms with E-state index in [0.717, 1.165) is 94.0 Å². The Balaban J connectivity index is 1.23. The van der Waals surface area contributed by atoms with Crippen LogP contribution in [0.3, 0.4) is 0 Å². The molecule has 1 saturated heterocycles. The Kier molecular flexibility index (Phi) is 18.0. The highest BCUT2D eigenvalue weighted by Gasteiger charge is 2.18. The zero-order chi connectivity index (χ0) is 34.4. The Labute approximate surface area is 287 Å². The summed E-state index contributed by atoms with van der Waals surface area (Å²) in [5, 5.41) is 0. The summed E-state index contributed by atoms with van der Waals surface area (Å²) in [4.78, 5) is 22.5. The third kappa shape index (κ3) is 15.2. The van der Waals surface area contributed by atoms with Gasteiger partial charge in [-0.15, -0.1) is 0 Å². The SMILES string of the molecule is C=C(/N=C(\N)c1ccc(OCCCN2CCC(CCCOc3ccc(/C(N)=N/C(=O)OCCCCC)cc3)CC2)cc1)OCCCCC. The first kappa shape index (κ1) is 38.4. The van der Waals surface area contributed by atoms with Gasteiger partial charge in [0, 0.05) is 17.7 Å². The van der Waals surface area contributed by atoms with Gasteiger partial charge in [0.25, 0.3) is 0 Å². The lowest BCUT2D eigenvalue weighted by Gasteiger charge is -2.32. The molecule has 1 aliphatic heterocycles. The van der Waals surface area contributed by atoms with E-state index in [-0.39, 0.29) is 5.84 Å². The Hall–Kier alpha value is -4.05. The van der Waals surface area contributed by atoms with Gasteiger partial charge in [-0.25, -0.2) is 4.79 Å². The topological polar surface area (TPSA) is 134 Å². The first-order valence-corrected chi connectivity index (χ1v) is 17.7. The predicted octanol–water partition coefficient (Wildman–Crippen LogP) is 7.44.